The van der Waals surface area contributed by atoms with Crippen molar-refractivity contribution >= 4 is 5.91 Å². The highest BCUT2D eigenvalue weighted by Crippen LogP contribution is 2.23. The number of allylic oxidation sites excluding steroid dienone is 3. The van der Waals surface area contributed by atoms with Gasteiger partial charge in [0, 0.05) is 0 Å². The first-order valence-corrected chi connectivity index (χ1v) is 30.2. The van der Waals surface area contributed by atoms with Gasteiger partial charge in [0.1, 0.15) is 30.5 Å². The molecule has 414 valence electrons. The molecule has 1 aliphatic heterocycles. The topological polar surface area (TPSA) is 169 Å². The van der Waals surface area contributed by atoms with Crippen LogP contribution < -0.4 is 5.32 Å². The number of ether oxygens (including phenoxy) is 2. The lowest BCUT2D eigenvalue weighted by Crippen LogP contribution is -2.60. The van der Waals surface area contributed by atoms with Gasteiger partial charge in [-0.05, 0) is 32.1 Å². The van der Waals surface area contributed by atoms with Crippen molar-refractivity contribution < 1.29 is 44.9 Å². The number of carbonyl (C=O) groups excluding carboxylic acids is 1. The molecule has 1 heterocycles. The molecule has 1 amide bonds. The third-order valence-corrected chi connectivity index (χ3v) is 14.6. The van der Waals surface area contributed by atoms with Gasteiger partial charge in [-0.15, -0.1) is 0 Å². The van der Waals surface area contributed by atoms with E-state index in [2.05, 4.69) is 31.3 Å². The molecule has 10 nitrogen and oxygen atoms in total. The summed E-state index contributed by atoms with van der Waals surface area (Å²) in [4.78, 5) is 13.1. The summed E-state index contributed by atoms with van der Waals surface area (Å²) in [5, 5.41) is 65.0. The number of amides is 1. The molecule has 0 aromatic rings. The highest BCUT2D eigenvalue weighted by atomic mass is 16.7. The fourth-order valence-electron chi connectivity index (χ4n) is 9.77. The number of nitrogens with one attached hydrogen (secondary N) is 1. The molecule has 0 saturated carbocycles. The van der Waals surface area contributed by atoms with E-state index in [0.717, 1.165) is 38.5 Å². The predicted molar refractivity (Wildman–Crippen MR) is 292 cm³/mol. The van der Waals surface area contributed by atoms with Crippen molar-refractivity contribution in [3.8, 4) is 0 Å². The van der Waals surface area contributed by atoms with Crippen LogP contribution in [0.1, 0.15) is 290 Å². The summed E-state index contributed by atoms with van der Waals surface area (Å²) in [6.45, 7) is 3.63. The monoisotopic (exact) mass is 994 g/mol. The predicted octanol–water partition coefficient (Wildman–Crippen LogP) is 13.9. The van der Waals surface area contributed by atoms with Crippen molar-refractivity contribution in [2.24, 2.45) is 0 Å². The lowest BCUT2D eigenvalue weighted by atomic mass is 9.99. The minimum absolute atomic E-state index is 0.309. The van der Waals surface area contributed by atoms with Crippen LogP contribution in [0.25, 0.3) is 0 Å². The maximum atomic E-state index is 13.1. The molecule has 8 atom stereocenters. The average Bonchev–Trinajstić information content (AvgIpc) is 3.36. The lowest BCUT2D eigenvalue weighted by molar-refractivity contribution is -0.302. The SMILES string of the molecule is CCCCCCCCCCCC/C=C/CC/C=C/C(O)C(COC1OC(CO)C(O)C(O)C1O)NC(=O)C(O)CCCCCCCCCCCCCCCCCCCCCCCCCCCCCCC. The summed E-state index contributed by atoms with van der Waals surface area (Å²) >= 11 is 0. The first-order chi connectivity index (χ1) is 34.3. The van der Waals surface area contributed by atoms with Gasteiger partial charge in [0.05, 0.1) is 25.4 Å². The number of carbonyl (C=O) groups is 1. The second-order valence-electron chi connectivity index (χ2n) is 21.3. The van der Waals surface area contributed by atoms with E-state index in [0.29, 0.717) is 12.8 Å². The van der Waals surface area contributed by atoms with E-state index in [1.807, 2.05) is 6.08 Å². The standard InChI is InChI=1S/C60H115NO9/c1-3-5-7-9-11-13-15-17-19-21-22-23-24-25-26-27-28-29-30-31-32-33-35-37-39-41-43-45-47-49-54(64)59(68)61-52(51-69-60-58(67)57(66)56(65)55(50-62)70-60)53(63)48-46-44-42-40-38-36-34-20-18-16-14-12-10-8-6-4-2/h38,40,46,48,52-58,60,62-67H,3-37,39,41-45,47,49-51H2,1-2H3,(H,61,68)/b40-38+,48-46+. The van der Waals surface area contributed by atoms with Crippen LogP contribution in [0.15, 0.2) is 24.3 Å². The average molecular weight is 995 g/mol. The number of hydrogen-bond donors (Lipinski definition) is 7. The van der Waals surface area contributed by atoms with Gasteiger partial charge in [-0.3, -0.25) is 4.79 Å². The molecule has 70 heavy (non-hydrogen) atoms. The molecule has 8 unspecified atom stereocenters. The van der Waals surface area contributed by atoms with Crippen LogP contribution in [-0.2, 0) is 14.3 Å². The van der Waals surface area contributed by atoms with Crippen molar-refractivity contribution in [1.29, 1.82) is 0 Å². The smallest absolute Gasteiger partial charge is 0.249 e. The van der Waals surface area contributed by atoms with Crippen molar-refractivity contribution in [1.82, 2.24) is 5.32 Å². The largest absolute Gasteiger partial charge is 0.394 e. The number of unbranched alkanes of at least 4 members (excludes halogenated alkanes) is 39. The Morgan fingerprint density at radius 3 is 1.24 bits per heavy atom. The van der Waals surface area contributed by atoms with E-state index < -0.39 is 61.5 Å². The van der Waals surface area contributed by atoms with Crippen LogP contribution in [0.2, 0.25) is 0 Å². The first-order valence-electron chi connectivity index (χ1n) is 30.2. The Balaban J connectivity index is 2.20. The number of hydrogen-bond acceptors (Lipinski definition) is 9. The molecule has 1 aliphatic rings. The van der Waals surface area contributed by atoms with Gasteiger partial charge >= 0.3 is 0 Å². The molecule has 0 aliphatic carbocycles. The van der Waals surface area contributed by atoms with Gasteiger partial charge in [0.2, 0.25) is 5.91 Å². The van der Waals surface area contributed by atoms with Crippen LogP contribution in [0.3, 0.4) is 0 Å². The third kappa shape index (κ3) is 38.2. The Morgan fingerprint density at radius 2 is 0.843 bits per heavy atom. The van der Waals surface area contributed by atoms with Gasteiger partial charge in [0.15, 0.2) is 6.29 Å². The second kappa shape index (κ2) is 49.8. The molecule has 1 rings (SSSR count). The summed E-state index contributed by atoms with van der Waals surface area (Å²) in [6.07, 6.45) is 53.0. The van der Waals surface area contributed by atoms with E-state index in [9.17, 15) is 35.4 Å². The van der Waals surface area contributed by atoms with E-state index in [4.69, 9.17) is 9.47 Å². The molecule has 0 spiro atoms. The normalized spacial score (nSPS) is 19.9. The zero-order chi connectivity index (χ0) is 51.0. The summed E-state index contributed by atoms with van der Waals surface area (Å²) in [6, 6.07) is -0.994. The van der Waals surface area contributed by atoms with Crippen LogP contribution in [-0.4, -0.2) is 98.7 Å². The van der Waals surface area contributed by atoms with E-state index in [1.54, 1.807) is 6.08 Å². The zero-order valence-corrected chi connectivity index (χ0v) is 45.7. The fourth-order valence-corrected chi connectivity index (χ4v) is 9.77. The maximum absolute atomic E-state index is 13.1. The highest BCUT2D eigenvalue weighted by Gasteiger charge is 2.44. The van der Waals surface area contributed by atoms with Gasteiger partial charge in [-0.1, -0.05) is 282 Å². The van der Waals surface area contributed by atoms with Gasteiger partial charge < -0.3 is 45.4 Å². The van der Waals surface area contributed by atoms with E-state index >= 15 is 0 Å². The van der Waals surface area contributed by atoms with E-state index in [-0.39, 0.29) is 6.61 Å². The lowest BCUT2D eigenvalue weighted by Gasteiger charge is -2.40. The highest BCUT2D eigenvalue weighted by molar-refractivity contribution is 5.80. The Labute approximate surface area is 431 Å². The summed E-state index contributed by atoms with van der Waals surface area (Å²) in [7, 11) is 0. The first kappa shape index (κ1) is 66.6. The van der Waals surface area contributed by atoms with E-state index in [1.165, 1.54) is 225 Å². The molecular formula is C60H115NO9. The number of aliphatic hydroxyl groups is 6. The summed E-state index contributed by atoms with van der Waals surface area (Å²) in [5.41, 5.74) is 0. The fraction of sp³-hybridized carbons (Fsp3) is 0.917. The molecule has 0 bridgehead atoms. The summed E-state index contributed by atoms with van der Waals surface area (Å²) < 4.78 is 11.2. The minimum atomic E-state index is -1.61. The van der Waals surface area contributed by atoms with Gasteiger partial charge in [-0.2, -0.15) is 0 Å². The zero-order valence-electron chi connectivity index (χ0n) is 45.7. The molecule has 0 radical (unpaired) electrons. The van der Waals surface area contributed by atoms with Crippen molar-refractivity contribution in [3.05, 3.63) is 24.3 Å². The Bertz CT molecular complexity index is 1170. The Hall–Kier alpha value is -1.37. The summed E-state index contributed by atoms with van der Waals surface area (Å²) in [5.74, 6) is -0.620. The van der Waals surface area contributed by atoms with Crippen molar-refractivity contribution in [2.45, 2.75) is 339 Å². The van der Waals surface area contributed by atoms with Crippen molar-refractivity contribution in [3.63, 3.8) is 0 Å². The molecule has 1 fully saturated rings. The van der Waals surface area contributed by atoms with Crippen LogP contribution >= 0.6 is 0 Å². The molecule has 10 heteroatoms. The maximum Gasteiger partial charge on any atom is 0.249 e. The molecule has 1 saturated heterocycles. The quantitative estimate of drug-likeness (QED) is 0.0232. The van der Waals surface area contributed by atoms with Gasteiger partial charge in [-0.25, -0.2) is 0 Å². The number of rotatable bonds is 52. The van der Waals surface area contributed by atoms with Gasteiger partial charge in [0.25, 0.3) is 0 Å². The molecular weight excluding hydrogens is 879 g/mol. The van der Waals surface area contributed by atoms with Crippen molar-refractivity contribution in [2.75, 3.05) is 13.2 Å². The Morgan fingerprint density at radius 1 is 0.486 bits per heavy atom. The molecule has 0 aromatic carbocycles. The molecule has 7 N–H and O–H groups in total. The van der Waals surface area contributed by atoms with Crippen LogP contribution in [0.4, 0.5) is 0 Å². The van der Waals surface area contributed by atoms with Crippen LogP contribution in [0, 0.1) is 0 Å². The molecule has 0 aromatic heterocycles. The van der Waals surface area contributed by atoms with Crippen LogP contribution in [0.5, 0.6) is 0 Å². The Kier molecular flexibility index (Phi) is 47.4. The minimum Gasteiger partial charge on any atom is -0.394 e. The number of aliphatic hydroxyl groups excluding tert-OH is 6. The third-order valence-electron chi connectivity index (χ3n) is 14.6. The second-order valence-corrected chi connectivity index (χ2v) is 21.3.